The smallest absolute Gasteiger partial charge is 0.232 e. The van der Waals surface area contributed by atoms with E-state index in [4.69, 9.17) is 10.5 Å². The predicted molar refractivity (Wildman–Crippen MR) is 125 cm³/mol. The summed E-state index contributed by atoms with van der Waals surface area (Å²) in [6, 6.07) is 30.2. The van der Waals surface area contributed by atoms with Gasteiger partial charge in [-0.3, -0.25) is 4.79 Å². The molecular formula is C28H31NO2. The van der Waals surface area contributed by atoms with Gasteiger partial charge in [0.05, 0.1) is 6.61 Å². The molecule has 1 fully saturated rings. The minimum Gasteiger partial charge on any atom is -0.494 e. The summed E-state index contributed by atoms with van der Waals surface area (Å²) in [6.07, 6.45) is 5.25. The molecule has 0 saturated heterocycles. The first-order valence-corrected chi connectivity index (χ1v) is 11.3. The molecule has 0 spiro atoms. The summed E-state index contributed by atoms with van der Waals surface area (Å²) < 4.78 is 5.95. The van der Waals surface area contributed by atoms with Crippen molar-refractivity contribution >= 4 is 5.91 Å². The van der Waals surface area contributed by atoms with E-state index in [1.165, 1.54) is 6.42 Å². The minimum atomic E-state index is -0.804. The van der Waals surface area contributed by atoms with Gasteiger partial charge in [-0.25, -0.2) is 0 Å². The van der Waals surface area contributed by atoms with Crippen LogP contribution < -0.4 is 10.5 Å². The topological polar surface area (TPSA) is 52.3 Å². The second-order valence-corrected chi connectivity index (χ2v) is 8.58. The maximum Gasteiger partial charge on any atom is 0.232 e. The fourth-order valence-electron chi connectivity index (χ4n) is 5.33. The fourth-order valence-corrected chi connectivity index (χ4v) is 5.33. The Bertz CT molecular complexity index is 917. The average Bonchev–Trinajstić information content (AvgIpc) is 2.82. The van der Waals surface area contributed by atoms with E-state index in [2.05, 4.69) is 24.3 Å². The lowest BCUT2D eigenvalue weighted by molar-refractivity contribution is -0.124. The third-order valence-corrected chi connectivity index (χ3v) is 6.78. The summed E-state index contributed by atoms with van der Waals surface area (Å²) in [5.74, 6) is 1.35. The molecule has 1 aliphatic rings. The van der Waals surface area contributed by atoms with Gasteiger partial charge in [-0.05, 0) is 54.4 Å². The first kappa shape index (κ1) is 21.2. The molecule has 0 radical (unpaired) electrons. The van der Waals surface area contributed by atoms with Crippen molar-refractivity contribution in [2.24, 2.45) is 17.6 Å². The number of nitrogens with two attached hydrogens (primary N) is 1. The van der Waals surface area contributed by atoms with E-state index in [1.807, 2.05) is 66.7 Å². The monoisotopic (exact) mass is 413 g/mol. The minimum absolute atomic E-state index is 0.172. The number of carbonyl (C=O) groups is 1. The Morgan fingerprint density at radius 3 is 1.94 bits per heavy atom. The van der Waals surface area contributed by atoms with Crippen LogP contribution in [0.15, 0.2) is 91.0 Å². The van der Waals surface area contributed by atoms with Gasteiger partial charge in [-0.2, -0.15) is 0 Å². The van der Waals surface area contributed by atoms with Gasteiger partial charge in [0.25, 0.3) is 0 Å². The summed E-state index contributed by atoms with van der Waals surface area (Å²) >= 11 is 0. The van der Waals surface area contributed by atoms with Crippen molar-refractivity contribution < 1.29 is 9.53 Å². The summed E-state index contributed by atoms with van der Waals surface area (Å²) in [6.45, 7) is 0.696. The van der Waals surface area contributed by atoms with E-state index in [0.717, 1.165) is 42.6 Å². The van der Waals surface area contributed by atoms with Gasteiger partial charge in [0.1, 0.15) is 11.2 Å². The van der Waals surface area contributed by atoms with Crippen molar-refractivity contribution in [2.45, 2.75) is 37.5 Å². The van der Waals surface area contributed by atoms with Crippen LogP contribution in [0.25, 0.3) is 0 Å². The van der Waals surface area contributed by atoms with Crippen LogP contribution in [0, 0.1) is 11.8 Å². The van der Waals surface area contributed by atoms with Crippen molar-refractivity contribution in [3.05, 3.63) is 102 Å². The van der Waals surface area contributed by atoms with Crippen molar-refractivity contribution in [3.8, 4) is 5.75 Å². The lowest BCUT2D eigenvalue weighted by atomic mass is 9.59. The molecule has 0 aliphatic heterocycles. The zero-order chi connectivity index (χ0) is 21.5. The molecular weight excluding hydrogens is 382 g/mol. The maximum absolute atomic E-state index is 13.2. The standard InChI is InChI=1S/C28H31NO2/c29-27(30)28(23-12-4-1-5-13-23,24-14-6-2-7-15-24)25-16-10-11-22(21-25)19-20-31-26-17-8-3-9-18-26/h1-9,12-15,17-18,22,25H,10-11,16,19-21H2,(H2,29,30). The fraction of sp³-hybridized carbons (Fsp3) is 0.321. The highest BCUT2D eigenvalue weighted by Gasteiger charge is 2.48. The number of benzene rings is 3. The van der Waals surface area contributed by atoms with Crippen LogP contribution in [0.1, 0.15) is 43.2 Å². The van der Waals surface area contributed by atoms with Gasteiger partial charge in [-0.15, -0.1) is 0 Å². The van der Waals surface area contributed by atoms with Crippen LogP contribution in [0.2, 0.25) is 0 Å². The molecule has 3 nitrogen and oxygen atoms in total. The molecule has 1 aliphatic carbocycles. The summed E-state index contributed by atoms with van der Waals surface area (Å²) in [4.78, 5) is 13.2. The molecule has 4 rings (SSSR count). The first-order chi connectivity index (χ1) is 15.2. The zero-order valence-corrected chi connectivity index (χ0v) is 18.0. The normalized spacial score (nSPS) is 19.0. The van der Waals surface area contributed by atoms with Gasteiger partial charge in [0, 0.05) is 0 Å². The number of primary amides is 1. The Kier molecular flexibility index (Phi) is 6.71. The summed E-state index contributed by atoms with van der Waals surface area (Å²) in [5, 5.41) is 0. The van der Waals surface area contributed by atoms with Gasteiger partial charge < -0.3 is 10.5 Å². The molecule has 160 valence electrons. The number of hydrogen-bond donors (Lipinski definition) is 1. The van der Waals surface area contributed by atoms with Crippen LogP contribution in [0.4, 0.5) is 0 Å². The highest BCUT2D eigenvalue weighted by molar-refractivity contribution is 5.91. The van der Waals surface area contributed by atoms with E-state index in [9.17, 15) is 4.79 Å². The van der Waals surface area contributed by atoms with E-state index >= 15 is 0 Å². The largest absolute Gasteiger partial charge is 0.494 e. The van der Waals surface area contributed by atoms with Crippen molar-refractivity contribution in [3.63, 3.8) is 0 Å². The van der Waals surface area contributed by atoms with Crippen LogP contribution in [0.3, 0.4) is 0 Å². The predicted octanol–water partition coefficient (Wildman–Crippen LogP) is 5.73. The Hall–Kier alpha value is -3.07. The molecule has 3 aromatic rings. The number of para-hydroxylation sites is 1. The van der Waals surface area contributed by atoms with E-state index in [0.29, 0.717) is 12.5 Å². The Morgan fingerprint density at radius 2 is 1.39 bits per heavy atom. The second kappa shape index (κ2) is 9.82. The second-order valence-electron chi connectivity index (χ2n) is 8.58. The van der Waals surface area contributed by atoms with Crippen LogP contribution in [-0.2, 0) is 10.2 Å². The first-order valence-electron chi connectivity index (χ1n) is 11.3. The van der Waals surface area contributed by atoms with E-state index in [-0.39, 0.29) is 11.8 Å². The molecule has 3 heteroatoms. The molecule has 1 saturated carbocycles. The molecule has 0 heterocycles. The number of amides is 1. The molecule has 2 N–H and O–H groups in total. The van der Waals surface area contributed by atoms with Crippen LogP contribution in [-0.4, -0.2) is 12.5 Å². The number of ether oxygens (including phenoxy) is 1. The third-order valence-electron chi connectivity index (χ3n) is 6.78. The Morgan fingerprint density at radius 1 is 0.839 bits per heavy atom. The van der Waals surface area contributed by atoms with Gasteiger partial charge >= 0.3 is 0 Å². The van der Waals surface area contributed by atoms with Gasteiger partial charge in [0.2, 0.25) is 5.91 Å². The van der Waals surface area contributed by atoms with E-state index < -0.39 is 5.41 Å². The quantitative estimate of drug-likeness (QED) is 0.512. The lowest BCUT2D eigenvalue weighted by Crippen LogP contribution is -2.49. The summed E-state index contributed by atoms with van der Waals surface area (Å²) in [7, 11) is 0. The van der Waals surface area contributed by atoms with Crippen LogP contribution >= 0.6 is 0 Å². The third kappa shape index (κ3) is 4.51. The molecule has 1 amide bonds. The number of carbonyl (C=O) groups excluding carboxylic acids is 1. The Balaban J connectivity index is 1.58. The van der Waals surface area contributed by atoms with Gasteiger partial charge in [0.15, 0.2) is 0 Å². The number of hydrogen-bond acceptors (Lipinski definition) is 2. The summed E-state index contributed by atoms with van der Waals surface area (Å²) in [5.41, 5.74) is 7.42. The molecule has 31 heavy (non-hydrogen) atoms. The molecule has 2 unspecified atom stereocenters. The number of rotatable bonds is 8. The van der Waals surface area contributed by atoms with Crippen molar-refractivity contribution in [1.82, 2.24) is 0 Å². The molecule has 0 aromatic heterocycles. The SMILES string of the molecule is NC(=O)C(c1ccccc1)(c1ccccc1)C1CCCC(CCOc2ccccc2)C1. The molecule has 3 aromatic carbocycles. The molecule has 2 atom stereocenters. The van der Waals surface area contributed by atoms with Crippen molar-refractivity contribution in [2.75, 3.05) is 6.61 Å². The van der Waals surface area contributed by atoms with E-state index in [1.54, 1.807) is 0 Å². The van der Waals surface area contributed by atoms with Crippen LogP contribution in [0.5, 0.6) is 5.75 Å². The average molecular weight is 414 g/mol. The Labute approximate surface area is 185 Å². The highest BCUT2D eigenvalue weighted by atomic mass is 16.5. The molecule has 0 bridgehead atoms. The van der Waals surface area contributed by atoms with Gasteiger partial charge in [-0.1, -0.05) is 91.7 Å². The zero-order valence-electron chi connectivity index (χ0n) is 18.0. The highest BCUT2D eigenvalue weighted by Crippen LogP contribution is 2.47. The lowest BCUT2D eigenvalue weighted by Gasteiger charge is -2.43. The maximum atomic E-state index is 13.2. The van der Waals surface area contributed by atoms with Crippen molar-refractivity contribution in [1.29, 1.82) is 0 Å².